The van der Waals surface area contributed by atoms with Gasteiger partial charge in [-0.05, 0) is 156 Å². The summed E-state index contributed by atoms with van der Waals surface area (Å²) >= 11 is 0. The summed E-state index contributed by atoms with van der Waals surface area (Å²) in [6, 6.07) is 11.4. The second-order valence-electron chi connectivity index (χ2n) is 30.6. The average Bonchev–Trinajstić information content (AvgIpc) is 1.60. The van der Waals surface area contributed by atoms with E-state index in [0.717, 1.165) is 5.52 Å². The van der Waals surface area contributed by atoms with Crippen LogP contribution in [0.4, 0.5) is 0 Å². The van der Waals surface area contributed by atoms with Crippen LogP contribution in [0.2, 0.25) is 0 Å². The van der Waals surface area contributed by atoms with E-state index in [1.54, 1.807) is 119 Å². The van der Waals surface area contributed by atoms with Gasteiger partial charge in [0.1, 0.15) is 69.0 Å². The first kappa shape index (κ1) is 67.9. The van der Waals surface area contributed by atoms with E-state index in [1.165, 1.54) is 91.6 Å². The molecular weight excluding hydrogens is 1960 g/mol. The Morgan fingerprint density at radius 3 is 0.729 bits per heavy atom. The topological polar surface area (TPSA) is 463 Å². The quantitative estimate of drug-likeness (QED) is 0.0243. The second-order valence-corrected chi connectivity index (χ2v) is 38.1. The van der Waals surface area contributed by atoms with E-state index >= 15 is 0 Å². The highest BCUT2D eigenvalue weighted by molar-refractivity contribution is 7.85. The fourth-order valence-corrected chi connectivity index (χ4v) is 19.5. The van der Waals surface area contributed by atoms with Crippen molar-refractivity contribution in [3.05, 3.63) is 247 Å². The zero-order chi connectivity index (χ0) is 134. The van der Waals surface area contributed by atoms with Crippen LogP contribution in [-0.4, -0.2) is 200 Å². The number of nitrogens with zero attached hydrogens (tertiary/aromatic N) is 12. The van der Waals surface area contributed by atoms with Gasteiger partial charge < -0.3 is 86.7 Å². The molecule has 0 fully saturated rings. The number of fused-ring (bicyclic) bond motifs is 6. The first-order valence-electron chi connectivity index (χ1n) is 60.0. The van der Waals surface area contributed by atoms with Crippen LogP contribution in [0.25, 0.3) is 66.2 Å². The van der Waals surface area contributed by atoms with Crippen molar-refractivity contribution in [2.24, 2.45) is 0 Å². The summed E-state index contributed by atoms with van der Waals surface area (Å²) in [4.78, 5) is 66.6. The van der Waals surface area contributed by atoms with E-state index in [4.69, 9.17) is 106 Å². The maximum Gasteiger partial charge on any atom is 0.197 e. The van der Waals surface area contributed by atoms with Gasteiger partial charge in [-0.15, -0.1) is 0 Å². The Bertz CT molecular complexity index is 9660. The summed E-state index contributed by atoms with van der Waals surface area (Å²) < 4.78 is 414. The summed E-state index contributed by atoms with van der Waals surface area (Å²) in [5, 5.41) is -0.342. The van der Waals surface area contributed by atoms with E-state index in [0.29, 0.717) is 123 Å². The Kier molecular flexibility index (Phi) is 22.9. The highest BCUT2D eigenvalue weighted by atomic mass is 32.2. The fourth-order valence-electron chi connectivity index (χ4n) is 13.7. The number of methoxy groups -OCH3 is 12. The van der Waals surface area contributed by atoms with Gasteiger partial charge >= 0.3 is 0 Å². The molecule has 42 heteroatoms. The summed E-state index contributed by atoms with van der Waals surface area (Å²) in [7, 11) is -23.9. The molecule has 12 aromatic heterocycles. The molecule has 0 saturated carbocycles. The molecular formula is C102H114N18O18S6. The number of nitrogens with one attached hydrogen (secondary N) is 6. The smallest absolute Gasteiger partial charge is 0.197 e. The Labute approximate surface area is 897 Å². The maximum absolute atomic E-state index is 13.2. The van der Waals surface area contributed by atoms with E-state index in [-0.39, 0.29) is 181 Å². The predicted octanol–water partition coefficient (Wildman–Crippen LogP) is 17.4. The number of pyridine rings is 6. The third-order valence-corrected chi connectivity index (χ3v) is 27.5. The molecule has 18 aromatic rings. The normalized spacial score (nSPS) is 16.9. The van der Waals surface area contributed by atoms with Crippen molar-refractivity contribution in [3.63, 3.8) is 0 Å². The van der Waals surface area contributed by atoms with E-state index in [9.17, 15) is 25.3 Å². The summed E-state index contributed by atoms with van der Waals surface area (Å²) in [5.74, 6) is 1.34. The lowest BCUT2D eigenvalue weighted by atomic mass is 10.1. The number of hydrogen-bond donors (Lipinski definition) is 6. The molecule has 0 aliphatic rings. The molecule has 0 spiro atoms. The zero-order valence-electron chi connectivity index (χ0n) is 115. The molecule has 144 heavy (non-hydrogen) atoms. The van der Waals surface area contributed by atoms with Gasteiger partial charge in [-0.2, -0.15) is 0 Å². The minimum atomic E-state index is -2.96. The summed E-state index contributed by atoms with van der Waals surface area (Å²) in [6.45, 7) is 19.4. The van der Waals surface area contributed by atoms with Crippen molar-refractivity contribution in [3.8, 4) is 69.0 Å². The van der Waals surface area contributed by atoms with Crippen molar-refractivity contribution in [1.29, 1.82) is 0 Å². The molecule has 756 valence electrons. The Morgan fingerprint density at radius 1 is 0.257 bits per heavy atom. The molecule has 12 heterocycles. The lowest BCUT2D eigenvalue weighted by molar-refractivity contribution is 0.407. The number of rotatable bonds is 30. The van der Waals surface area contributed by atoms with Crippen LogP contribution in [0.5, 0.6) is 69.0 Å². The third kappa shape index (κ3) is 25.0. The van der Waals surface area contributed by atoms with E-state index in [2.05, 4.69) is 89.7 Å². The van der Waals surface area contributed by atoms with Gasteiger partial charge in [0.15, 0.2) is 30.9 Å². The number of hydrogen-bond acceptors (Lipinski definition) is 30. The Hall–Kier alpha value is -14.5. The molecule has 6 unspecified atom stereocenters. The van der Waals surface area contributed by atoms with Crippen LogP contribution < -0.4 is 56.8 Å². The maximum atomic E-state index is 13.2. The number of aryl methyl sites for hydroxylation is 6. The van der Waals surface area contributed by atoms with Crippen LogP contribution in [0.15, 0.2) is 177 Å². The molecule has 6 aromatic carbocycles. The highest BCUT2D eigenvalue weighted by Gasteiger charge is 2.25. The number of imidazole rings is 6. The summed E-state index contributed by atoms with van der Waals surface area (Å²) in [5.41, 5.74) is 1.30. The molecule has 0 aliphatic heterocycles. The molecule has 0 bridgehead atoms. The number of aromatic nitrogens is 18. The molecule has 6 N–H and O–H groups in total. The first-order valence-corrected chi connectivity index (χ1v) is 49.4. The Morgan fingerprint density at radius 2 is 0.472 bits per heavy atom. The number of ether oxygens (including phenoxy) is 12. The fraction of sp³-hybridized carbons (Fsp3) is 0.294. The van der Waals surface area contributed by atoms with Crippen molar-refractivity contribution < 1.29 is 131 Å². The molecule has 0 saturated heterocycles. The van der Waals surface area contributed by atoms with Gasteiger partial charge in [-0.3, -0.25) is 55.2 Å². The van der Waals surface area contributed by atoms with E-state index in [1.807, 2.05) is 0 Å². The van der Waals surface area contributed by atoms with Crippen LogP contribution in [-0.2, 0) is 99.2 Å². The molecule has 0 radical (unpaired) electrons. The highest BCUT2D eigenvalue weighted by Crippen LogP contribution is 2.36. The predicted molar refractivity (Wildman–Crippen MR) is 558 cm³/mol. The van der Waals surface area contributed by atoms with Gasteiger partial charge in [0, 0.05) is 148 Å². The van der Waals surface area contributed by atoms with Crippen LogP contribution in [0.1, 0.15) is 150 Å². The van der Waals surface area contributed by atoms with E-state index < -0.39 is 160 Å². The molecule has 0 amide bonds. The van der Waals surface area contributed by atoms with Crippen molar-refractivity contribution in [2.75, 3.05) is 84.8 Å². The van der Waals surface area contributed by atoms with Gasteiger partial charge in [0.25, 0.3) is 0 Å². The number of aromatic amines is 6. The second kappa shape index (κ2) is 48.5. The standard InChI is InChI=1S/6C17H19N3O3S/c6*1-10-8-18-15(11(2)16(10)23-4)9-24(21)17-19-13-6-5-12(22-3)7-14(13)20-17/h6*5-8H,9H2,1-4H3,(H,19,20)/i4D3,5D,6D,7D,9D2;3D3,5D,6D,7D,9D2;4D3,5D,6D,7D;4D3,9D2;3D3,4D3;4D3. The third-order valence-electron chi connectivity index (χ3n) is 21.3. The number of H-pyrrole nitrogens is 6. The van der Waals surface area contributed by atoms with Gasteiger partial charge in [-0.25, -0.2) is 29.9 Å². The molecule has 6 atom stereocenters. The lowest BCUT2D eigenvalue weighted by Crippen LogP contribution is -2.05. The number of benzene rings is 6. The van der Waals surface area contributed by atoms with Crippen molar-refractivity contribution >= 4 is 131 Å². The molecule has 0 aliphatic carbocycles. The SMILES string of the molecule is [2H]C([2H])([2H])Oc1c(C)cnc(C([2H])([2H])S(=O)c2nc3ccc(OC)cc3[nH]2)c1C.[2H]C([2H])([2H])Oc1c(C)cnc(CS(=O)c2nc3ccc(OC)cc3[nH]2)c1C.[2H]C([2H])([2H])Oc1ccc2nc(S(=O)Cc3ncc(C)c(OC([2H])([2H])[2H])c3C)[nH]c2c1.[2H]c1c(OC([2H])([2H])[2H])c([2H])c2[nH]c(S(=O)C([2H])([2H])c3ncc(C)c(OC)c3C)nc2c1[2H].[2H]c1c(OC)c([2H])c2[nH]c(S(=O)C([2H])([2H])c3ncc(C)c(OC([2H])([2H])[2H])c3C)nc2c1[2H].[2H]c1c(OC)c([2H])c2[nH]c(S(=O)Cc3ncc(C)c(OC([2H])([2H])[2H])c3C)nc2c1[2H]. The Balaban J connectivity index is 0.000000176. The lowest BCUT2D eigenvalue weighted by Gasteiger charge is -2.11. The summed E-state index contributed by atoms with van der Waals surface area (Å²) in [6.07, 6.45) is 8.34. The average molecular weight is 2110 g/mol. The van der Waals surface area contributed by atoms with Crippen LogP contribution in [0, 0.1) is 83.1 Å². The zero-order valence-corrected chi connectivity index (χ0v) is 84.3. The molecule has 36 nitrogen and oxygen atoms in total. The van der Waals surface area contributed by atoms with Gasteiger partial charge in [-0.1, -0.05) is 0 Å². The van der Waals surface area contributed by atoms with Crippen molar-refractivity contribution in [2.45, 2.75) is 148 Å². The monoisotopic (exact) mass is 2110 g/mol. The van der Waals surface area contributed by atoms with Crippen molar-refractivity contribution in [1.82, 2.24) is 89.7 Å². The van der Waals surface area contributed by atoms with Gasteiger partial charge in [0.05, 0.1) is 325 Å². The minimum absolute atomic E-state index is 0.00906. The van der Waals surface area contributed by atoms with Crippen LogP contribution in [0.3, 0.4) is 0 Å². The molecule has 18 rings (SSSR count). The largest absolute Gasteiger partial charge is 0.497 e. The van der Waals surface area contributed by atoms with Crippen LogP contribution >= 0.6 is 0 Å². The first-order chi connectivity index (χ1) is 83.3. The minimum Gasteiger partial charge on any atom is -0.497 e. The van der Waals surface area contributed by atoms with Gasteiger partial charge in [0.2, 0.25) is 0 Å².